The summed E-state index contributed by atoms with van der Waals surface area (Å²) in [5.74, 6) is -0.299. The van der Waals surface area contributed by atoms with Gasteiger partial charge in [0.1, 0.15) is 0 Å². The topological polar surface area (TPSA) is 63.2 Å². The van der Waals surface area contributed by atoms with Gasteiger partial charge >= 0.3 is 5.97 Å². The van der Waals surface area contributed by atoms with Gasteiger partial charge in [-0.05, 0) is 49.5 Å². The van der Waals surface area contributed by atoms with Crippen LogP contribution in [0.1, 0.15) is 71.4 Å². The van der Waals surface area contributed by atoms with Crippen LogP contribution in [-0.4, -0.2) is 50.9 Å². The minimum atomic E-state index is -2.26. The molecular weight excluding hydrogens is 544 g/mol. The number of ether oxygens (including phenoxy) is 4. The van der Waals surface area contributed by atoms with Crippen molar-refractivity contribution >= 4 is 14.3 Å². The largest absolute Gasteiger partial charge is 0.469 e. The number of benzene rings is 2. The number of methoxy groups -OCH3 is 1. The highest BCUT2D eigenvalue weighted by atomic mass is 28.4. The van der Waals surface area contributed by atoms with Crippen molar-refractivity contribution in [1.82, 2.24) is 0 Å². The van der Waals surface area contributed by atoms with E-state index < -0.39 is 19.5 Å². The van der Waals surface area contributed by atoms with E-state index in [2.05, 4.69) is 71.6 Å². The first kappa shape index (κ1) is 34.2. The third-order valence-electron chi connectivity index (χ3n) is 8.80. The second-order valence-electron chi connectivity index (χ2n) is 13.6. The maximum absolute atomic E-state index is 12.7. The van der Waals surface area contributed by atoms with Crippen LogP contribution in [0, 0.1) is 0 Å². The number of esters is 1. The second kappa shape index (κ2) is 14.5. The van der Waals surface area contributed by atoms with Gasteiger partial charge in [0.25, 0.3) is 0 Å². The van der Waals surface area contributed by atoms with Crippen molar-refractivity contribution < 1.29 is 28.2 Å². The number of carbonyl (C=O) groups is 1. The Balaban J connectivity index is 1.94. The standard InChI is InChI=1S/C35H52O6Si/c1-10-21-35(6)31(39-26-28-19-15-12-16-20-28)22-29(38-25-27-17-13-11-14-18-27)30(40-35)23-34(5,24-32(36)37-7)41-42(8,9)33(2,3)4/h10-20,29-31H,1,21-26H2,2-9H3/t29-,30+,31+,34?,35-/m1/s1. The lowest BCUT2D eigenvalue weighted by Crippen LogP contribution is -2.59. The molecule has 42 heavy (non-hydrogen) atoms. The molecule has 1 aliphatic rings. The lowest BCUT2D eigenvalue weighted by molar-refractivity contribution is -0.252. The fraction of sp³-hybridized carbons (Fsp3) is 0.571. The van der Waals surface area contributed by atoms with Crippen LogP contribution in [0.4, 0.5) is 0 Å². The van der Waals surface area contributed by atoms with E-state index in [0.717, 1.165) is 11.1 Å². The van der Waals surface area contributed by atoms with E-state index in [9.17, 15) is 4.79 Å². The Hall–Kier alpha value is -2.29. The van der Waals surface area contributed by atoms with E-state index in [1.54, 1.807) is 0 Å². The number of rotatable bonds is 14. The molecule has 1 aliphatic heterocycles. The van der Waals surface area contributed by atoms with Gasteiger partial charge in [0.2, 0.25) is 0 Å². The van der Waals surface area contributed by atoms with Gasteiger partial charge in [-0.25, -0.2) is 0 Å². The summed E-state index contributed by atoms with van der Waals surface area (Å²) in [4.78, 5) is 12.7. The van der Waals surface area contributed by atoms with Crippen molar-refractivity contribution in [3.63, 3.8) is 0 Å². The summed E-state index contributed by atoms with van der Waals surface area (Å²) in [7, 11) is -0.833. The highest BCUT2D eigenvalue weighted by Gasteiger charge is 2.51. The summed E-state index contributed by atoms with van der Waals surface area (Å²) in [6.07, 6.45) is 2.92. The first-order valence-electron chi connectivity index (χ1n) is 15.1. The Morgan fingerprint density at radius 3 is 2.05 bits per heavy atom. The van der Waals surface area contributed by atoms with E-state index in [4.69, 9.17) is 23.4 Å². The quantitative estimate of drug-likeness (QED) is 0.125. The molecule has 1 unspecified atom stereocenters. The Morgan fingerprint density at radius 1 is 1.00 bits per heavy atom. The average molecular weight is 597 g/mol. The molecule has 0 amide bonds. The molecule has 1 fully saturated rings. The van der Waals surface area contributed by atoms with E-state index in [-0.39, 0.29) is 35.7 Å². The van der Waals surface area contributed by atoms with Crippen LogP contribution in [0.2, 0.25) is 18.1 Å². The maximum Gasteiger partial charge on any atom is 0.308 e. The molecule has 0 N–H and O–H groups in total. The van der Waals surface area contributed by atoms with Crippen molar-refractivity contribution in [3.05, 3.63) is 84.4 Å². The molecule has 2 aromatic carbocycles. The van der Waals surface area contributed by atoms with Gasteiger partial charge in [-0.15, -0.1) is 6.58 Å². The smallest absolute Gasteiger partial charge is 0.308 e. The Morgan fingerprint density at radius 2 is 1.55 bits per heavy atom. The molecule has 232 valence electrons. The molecule has 2 aromatic rings. The van der Waals surface area contributed by atoms with Crippen molar-refractivity contribution in [1.29, 1.82) is 0 Å². The van der Waals surface area contributed by atoms with Gasteiger partial charge in [0, 0.05) is 12.8 Å². The molecule has 1 saturated heterocycles. The Labute approximate surface area is 254 Å². The van der Waals surface area contributed by atoms with Gasteiger partial charge in [0.05, 0.1) is 56.3 Å². The number of hydrogen-bond donors (Lipinski definition) is 0. The minimum Gasteiger partial charge on any atom is -0.469 e. The summed E-state index contributed by atoms with van der Waals surface area (Å²) in [6.45, 7) is 20.1. The van der Waals surface area contributed by atoms with Crippen LogP contribution in [0.25, 0.3) is 0 Å². The molecule has 7 heteroatoms. The molecule has 5 atom stereocenters. The number of hydrogen-bond acceptors (Lipinski definition) is 6. The van der Waals surface area contributed by atoms with Crippen LogP contribution >= 0.6 is 0 Å². The Kier molecular flexibility index (Phi) is 11.8. The predicted molar refractivity (Wildman–Crippen MR) is 171 cm³/mol. The van der Waals surface area contributed by atoms with Crippen LogP contribution in [0.15, 0.2) is 73.3 Å². The number of carbonyl (C=O) groups excluding carboxylic acids is 1. The van der Waals surface area contributed by atoms with Gasteiger partial charge in [-0.1, -0.05) is 87.5 Å². The van der Waals surface area contributed by atoms with Crippen molar-refractivity contribution in [2.45, 2.75) is 121 Å². The SMILES string of the molecule is C=CC[C@@]1(C)O[C@@H](CC(C)(CC(=O)OC)O[Si](C)(C)C(C)(C)C)[C@H](OCc2ccccc2)C[C@@H]1OCc1ccccc1. The zero-order valence-corrected chi connectivity index (χ0v) is 28.0. The van der Waals surface area contributed by atoms with Crippen molar-refractivity contribution in [2.24, 2.45) is 0 Å². The lowest BCUT2D eigenvalue weighted by Gasteiger charge is -2.51. The molecule has 0 spiro atoms. The highest BCUT2D eigenvalue weighted by Crippen LogP contribution is 2.44. The average Bonchev–Trinajstić information content (AvgIpc) is 2.92. The van der Waals surface area contributed by atoms with E-state index in [1.807, 2.05) is 49.4 Å². The molecule has 3 rings (SSSR count). The van der Waals surface area contributed by atoms with Crippen molar-refractivity contribution in [3.8, 4) is 0 Å². The molecule has 0 aromatic heterocycles. The summed E-state index contributed by atoms with van der Waals surface area (Å²) in [5.41, 5.74) is 0.766. The monoisotopic (exact) mass is 596 g/mol. The predicted octanol–water partition coefficient (Wildman–Crippen LogP) is 8.01. The van der Waals surface area contributed by atoms with Crippen LogP contribution in [0.5, 0.6) is 0 Å². The van der Waals surface area contributed by atoms with E-state index >= 15 is 0 Å². The highest BCUT2D eigenvalue weighted by molar-refractivity contribution is 6.74. The Bertz CT molecular complexity index is 1130. The third-order valence-corrected chi connectivity index (χ3v) is 13.4. The fourth-order valence-corrected chi connectivity index (χ4v) is 7.13. The molecule has 1 heterocycles. The van der Waals surface area contributed by atoms with Gasteiger partial charge < -0.3 is 23.4 Å². The molecular formula is C35H52O6Si. The molecule has 0 aliphatic carbocycles. The second-order valence-corrected chi connectivity index (χ2v) is 18.3. The maximum atomic E-state index is 12.7. The van der Waals surface area contributed by atoms with Gasteiger partial charge in [0.15, 0.2) is 8.32 Å². The summed E-state index contributed by atoms with van der Waals surface area (Å²) in [5, 5.41) is -0.0330. The molecule has 0 saturated carbocycles. The molecule has 0 bridgehead atoms. The van der Waals surface area contributed by atoms with Crippen LogP contribution in [-0.2, 0) is 41.4 Å². The van der Waals surface area contributed by atoms with Crippen LogP contribution < -0.4 is 0 Å². The van der Waals surface area contributed by atoms with Crippen molar-refractivity contribution in [2.75, 3.05) is 7.11 Å². The lowest BCUT2D eigenvalue weighted by atomic mass is 9.82. The normalized spacial score (nSPS) is 24.5. The molecule has 0 radical (unpaired) electrons. The third kappa shape index (κ3) is 9.35. The fourth-order valence-electron chi connectivity index (χ4n) is 5.44. The molecule has 6 nitrogen and oxygen atoms in total. The van der Waals surface area contributed by atoms with E-state index in [1.165, 1.54) is 7.11 Å². The van der Waals surface area contributed by atoms with Gasteiger partial charge in [-0.3, -0.25) is 4.79 Å². The van der Waals surface area contributed by atoms with Gasteiger partial charge in [-0.2, -0.15) is 0 Å². The minimum absolute atomic E-state index is 0.0330. The zero-order valence-electron chi connectivity index (χ0n) is 27.0. The van der Waals surface area contributed by atoms with Crippen LogP contribution in [0.3, 0.4) is 0 Å². The first-order chi connectivity index (χ1) is 19.7. The summed E-state index contributed by atoms with van der Waals surface area (Å²) < 4.78 is 32.3. The zero-order chi connectivity index (χ0) is 31.0. The van der Waals surface area contributed by atoms with E-state index in [0.29, 0.717) is 32.5 Å². The summed E-state index contributed by atoms with van der Waals surface area (Å²) in [6, 6.07) is 20.3. The first-order valence-corrected chi connectivity index (χ1v) is 18.0. The summed E-state index contributed by atoms with van der Waals surface area (Å²) >= 11 is 0.